The lowest BCUT2D eigenvalue weighted by atomic mass is 10.1. The van der Waals surface area contributed by atoms with Crippen LogP contribution < -0.4 is 5.32 Å². The number of rotatable bonds is 5. The van der Waals surface area contributed by atoms with Crippen molar-refractivity contribution in [1.82, 2.24) is 10.2 Å². The first kappa shape index (κ1) is 17.7. The van der Waals surface area contributed by atoms with Crippen LogP contribution in [0.1, 0.15) is 11.1 Å². The highest BCUT2D eigenvalue weighted by Crippen LogP contribution is 2.24. The molecule has 5 nitrogen and oxygen atoms in total. The molecule has 0 fully saturated rings. The lowest BCUT2D eigenvalue weighted by Gasteiger charge is -2.07. The molecule has 1 amide bonds. The summed E-state index contributed by atoms with van der Waals surface area (Å²) in [6, 6.07) is 13.5. The zero-order valence-electron chi connectivity index (χ0n) is 13.7. The Bertz CT molecular complexity index is 911. The molecule has 0 spiro atoms. The van der Waals surface area contributed by atoms with Gasteiger partial charge in [-0.1, -0.05) is 45.4 Å². The number of halogens is 1. The van der Waals surface area contributed by atoms with Gasteiger partial charge >= 0.3 is 0 Å². The molecular formula is C18H16BrN3O2S. The van der Waals surface area contributed by atoms with Crippen LogP contribution in [0.2, 0.25) is 0 Å². The van der Waals surface area contributed by atoms with E-state index in [0.717, 1.165) is 26.9 Å². The molecule has 0 aliphatic rings. The minimum atomic E-state index is -0.120. The summed E-state index contributed by atoms with van der Waals surface area (Å²) in [5, 5.41) is 11.3. The first-order chi connectivity index (χ1) is 12.0. The Hall–Kier alpha value is -2.12. The van der Waals surface area contributed by atoms with Gasteiger partial charge in [0.2, 0.25) is 11.8 Å². The normalized spacial score (nSPS) is 10.7. The fourth-order valence-electron chi connectivity index (χ4n) is 2.24. The second kappa shape index (κ2) is 7.84. The fourth-order valence-corrected chi connectivity index (χ4v) is 3.28. The largest absolute Gasteiger partial charge is 0.411 e. The van der Waals surface area contributed by atoms with Crippen molar-refractivity contribution in [1.29, 1.82) is 0 Å². The maximum Gasteiger partial charge on any atom is 0.277 e. The van der Waals surface area contributed by atoms with Crippen molar-refractivity contribution < 1.29 is 9.21 Å². The van der Waals surface area contributed by atoms with E-state index in [2.05, 4.69) is 31.4 Å². The van der Waals surface area contributed by atoms with Crippen LogP contribution in [0.5, 0.6) is 0 Å². The van der Waals surface area contributed by atoms with Gasteiger partial charge in [-0.2, -0.15) is 0 Å². The van der Waals surface area contributed by atoms with E-state index in [0.29, 0.717) is 11.1 Å². The van der Waals surface area contributed by atoms with Crippen LogP contribution in [0.15, 0.2) is 56.6 Å². The molecule has 3 rings (SSSR count). The second-order valence-corrected chi connectivity index (χ2v) is 7.38. The summed E-state index contributed by atoms with van der Waals surface area (Å²) in [4.78, 5) is 12.1. The average molecular weight is 418 g/mol. The maximum absolute atomic E-state index is 12.1. The number of carbonyl (C=O) groups is 1. The Morgan fingerprint density at radius 2 is 2.04 bits per heavy atom. The molecule has 1 N–H and O–H groups in total. The third kappa shape index (κ3) is 4.70. The van der Waals surface area contributed by atoms with Crippen molar-refractivity contribution in [2.24, 2.45) is 0 Å². The van der Waals surface area contributed by atoms with Crippen LogP contribution in [0.3, 0.4) is 0 Å². The molecule has 1 aromatic heterocycles. The van der Waals surface area contributed by atoms with E-state index in [1.807, 2.05) is 56.3 Å². The second-order valence-electron chi connectivity index (χ2n) is 5.54. The molecular weight excluding hydrogens is 402 g/mol. The SMILES string of the molecule is Cc1cccc(-c2nnc(SCC(=O)Nc3ccc(Br)cc3C)o2)c1. The van der Waals surface area contributed by atoms with Gasteiger partial charge in [0.05, 0.1) is 5.75 Å². The topological polar surface area (TPSA) is 68.0 Å². The highest BCUT2D eigenvalue weighted by atomic mass is 79.9. The van der Waals surface area contributed by atoms with Gasteiger partial charge in [-0.15, -0.1) is 10.2 Å². The van der Waals surface area contributed by atoms with Gasteiger partial charge in [-0.05, 0) is 49.7 Å². The number of aryl methyl sites for hydroxylation is 2. The van der Waals surface area contributed by atoms with E-state index in [4.69, 9.17) is 4.42 Å². The summed E-state index contributed by atoms with van der Waals surface area (Å²) in [5.74, 6) is 0.534. The number of benzene rings is 2. The smallest absolute Gasteiger partial charge is 0.277 e. The maximum atomic E-state index is 12.1. The van der Waals surface area contributed by atoms with Gasteiger partial charge in [0.25, 0.3) is 5.22 Å². The van der Waals surface area contributed by atoms with Crippen molar-refractivity contribution >= 4 is 39.3 Å². The first-order valence-electron chi connectivity index (χ1n) is 7.60. The van der Waals surface area contributed by atoms with E-state index >= 15 is 0 Å². The average Bonchev–Trinajstić information content (AvgIpc) is 3.05. The number of nitrogens with zero attached hydrogens (tertiary/aromatic N) is 2. The molecule has 0 radical (unpaired) electrons. The molecule has 0 bridgehead atoms. The van der Waals surface area contributed by atoms with Crippen LogP contribution in [-0.2, 0) is 4.79 Å². The molecule has 128 valence electrons. The van der Waals surface area contributed by atoms with Gasteiger partial charge in [0, 0.05) is 15.7 Å². The third-order valence-corrected chi connectivity index (χ3v) is 4.77. The van der Waals surface area contributed by atoms with Crippen molar-refractivity contribution in [2.45, 2.75) is 19.1 Å². The number of anilines is 1. The summed E-state index contributed by atoms with van der Waals surface area (Å²) >= 11 is 4.62. The summed E-state index contributed by atoms with van der Waals surface area (Å²) in [7, 11) is 0. The van der Waals surface area contributed by atoms with E-state index in [1.165, 1.54) is 11.8 Å². The zero-order chi connectivity index (χ0) is 17.8. The Morgan fingerprint density at radius 1 is 1.20 bits per heavy atom. The third-order valence-electron chi connectivity index (χ3n) is 3.46. The molecule has 0 saturated heterocycles. The highest BCUT2D eigenvalue weighted by Gasteiger charge is 2.12. The molecule has 0 aliphatic carbocycles. The Labute approximate surface area is 158 Å². The van der Waals surface area contributed by atoms with Crippen molar-refractivity contribution in [3.05, 3.63) is 58.1 Å². The summed E-state index contributed by atoms with van der Waals surface area (Å²) < 4.78 is 6.60. The number of hydrogen-bond donors (Lipinski definition) is 1. The van der Waals surface area contributed by atoms with Gasteiger partial charge in [0.15, 0.2) is 0 Å². The summed E-state index contributed by atoms with van der Waals surface area (Å²) in [5.41, 5.74) is 3.77. The minimum Gasteiger partial charge on any atom is -0.411 e. The molecule has 0 atom stereocenters. The van der Waals surface area contributed by atoms with Crippen LogP contribution in [0.25, 0.3) is 11.5 Å². The van der Waals surface area contributed by atoms with Gasteiger partial charge < -0.3 is 9.73 Å². The van der Waals surface area contributed by atoms with Crippen molar-refractivity contribution in [3.63, 3.8) is 0 Å². The fraction of sp³-hybridized carbons (Fsp3) is 0.167. The minimum absolute atomic E-state index is 0.120. The van der Waals surface area contributed by atoms with Gasteiger partial charge in [-0.25, -0.2) is 0 Å². The monoisotopic (exact) mass is 417 g/mol. The molecule has 0 saturated carbocycles. The molecule has 2 aromatic carbocycles. The summed E-state index contributed by atoms with van der Waals surface area (Å²) in [6.07, 6.45) is 0. The van der Waals surface area contributed by atoms with E-state index in [9.17, 15) is 4.79 Å². The van der Waals surface area contributed by atoms with Crippen LogP contribution in [-0.4, -0.2) is 21.9 Å². The Balaban J connectivity index is 1.59. The number of hydrogen-bond acceptors (Lipinski definition) is 5. The van der Waals surface area contributed by atoms with Crippen molar-refractivity contribution in [3.8, 4) is 11.5 Å². The first-order valence-corrected chi connectivity index (χ1v) is 9.38. The van der Waals surface area contributed by atoms with E-state index in [1.54, 1.807) is 0 Å². The van der Waals surface area contributed by atoms with Gasteiger partial charge in [-0.3, -0.25) is 4.79 Å². The van der Waals surface area contributed by atoms with Gasteiger partial charge in [0.1, 0.15) is 0 Å². The van der Waals surface area contributed by atoms with Crippen LogP contribution in [0, 0.1) is 13.8 Å². The number of amides is 1. The van der Waals surface area contributed by atoms with Crippen LogP contribution in [0.4, 0.5) is 5.69 Å². The van der Waals surface area contributed by atoms with E-state index < -0.39 is 0 Å². The van der Waals surface area contributed by atoms with E-state index in [-0.39, 0.29) is 11.7 Å². The standard InChI is InChI=1S/C18H16BrN3O2S/c1-11-4-3-5-13(8-11)17-21-22-18(24-17)25-10-16(23)20-15-7-6-14(19)9-12(15)2/h3-9H,10H2,1-2H3,(H,20,23). The lowest BCUT2D eigenvalue weighted by Crippen LogP contribution is -2.14. The van der Waals surface area contributed by atoms with Crippen molar-refractivity contribution in [2.75, 3.05) is 11.1 Å². The lowest BCUT2D eigenvalue weighted by molar-refractivity contribution is -0.113. The number of carbonyl (C=O) groups excluding carboxylic acids is 1. The number of nitrogens with one attached hydrogen (secondary N) is 1. The summed E-state index contributed by atoms with van der Waals surface area (Å²) in [6.45, 7) is 3.95. The molecule has 7 heteroatoms. The molecule has 0 aliphatic heterocycles. The predicted octanol–water partition coefficient (Wildman–Crippen LogP) is 4.85. The van der Waals surface area contributed by atoms with Crippen LogP contribution >= 0.6 is 27.7 Å². The zero-order valence-corrected chi connectivity index (χ0v) is 16.1. The molecule has 3 aromatic rings. The highest BCUT2D eigenvalue weighted by molar-refractivity contribution is 9.10. The Kier molecular flexibility index (Phi) is 5.55. The predicted molar refractivity (Wildman–Crippen MR) is 103 cm³/mol. The molecule has 1 heterocycles. The number of thioether (sulfide) groups is 1. The number of aromatic nitrogens is 2. The molecule has 0 unspecified atom stereocenters. The Morgan fingerprint density at radius 3 is 2.80 bits per heavy atom. The molecule has 25 heavy (non-hydrogen) atoms. The quantitative estimate of drug-likeness (QED) is 0.601.